The average molecular weight is 452 g/mol. The summed E-state index contributed by atoms with van der Waals surface area (Å²) in [5.41, 5.74) is 0.547. The number of pyridine rings is 1. The number of hydrogen-bond acceptors (Lipinski definition) is 5. The van der Waals surface area contributed by atoms with Gasteiger partial charge in [0, 0.05) is 5.56 Å². The lowest BCUT2D eigenvalue weighted by Crippen LogP contribution is -2.41. The van der Waals surface area contributed by atoms with Crippen LogP contribution in [0.4, 0.5) is 27.6 Å². The summed E-state index contributed by atoms with van der Waals surface area (Å²) in [6.45, 7) is 0. The molecule has 32 heavy (non-hydrogen) atoms. The number of benzene rings is 2. The van der Waals surface area contributed by atoms with Gasteiger partial charge in [-0.3, -0.25) is 9.78 Å². The van der Waals surface area contributed by atoms with E-state index >= 15 is 0 Å². The van der Waals surface area contributed by atoms with Crippen LogP contribution in [0, 0.1) is 11.6 Å². The van der Waals surface area contributed by atoms with Crippen molar-refractivity contribution in [3.63, 3.8) is 0 Å². The lowest BCUT2D eigenvalue weighted by atomic mass is 10.1. The van der Waals surface area contributed by atoms with E-state index in [0.29, 0.717) is 11.3 Å². The average Bonchev–Trinajstić information content (AvgIpc) is 2.75. The fraction of sp³-hybridized carbons (Fsp3) is 0.0952. The van der Waals surface area contributed by atoms with Crippen LogP contribution in [0.2, 0.25) is 0 Å². The minimum absolute atomic E-state index is 0.223. The van der Waals surface area contributed by atoms with E-state index in [2.05, 4.69) is 9.72 Å². The number of ether oxygens (including phenoxy) is 2. The number of para-hydroxylation sites is 1. The second-order valence-electron chi connectivity index (χ2n) is 6.21. The third kappa shape index (κ3) is 5.78. The van der Waals surface area contributed by atoms with Crippen molar-refractivity contribution in [2.45, 2.75) is 12.5 Å². The lowest BCUT2D eigenvalue weighted by molar-refractivity contribution is -0.215. The van der Waals surface area contributed by atoms with Crippen LogP contribution in [0.5, 0.6) is 5.75 Å². The Labute approximate surface area is 177 Å². The molecule has 2 aromatic carbocycles. The number of nitrogens with one attached hydrogen (secondary N) is 1. The molecule has 1 N–H and O–H groups in total. The Morgan fingerprint density at radius 1 is 0.938 bits per heavy atom. The molecule has 6 nitrogen and oxygen atoms in total. The predicted molar refractivity (Wildman–Crippen MR) is 101 cm³/mol. The molecule has 0 radical (unpaired) electrons. The maximum atomic E-state index is 13.7. The first-order chi connectivity index (χ1) is 15.1. The zero-order chi connectivity index (χ0) is 23.3. The molecule has 1 amide bonds. The predicted octanol–water partition coefficient (Wildman–Crippen LogP) is 4.48. The van der Waals surface area contributed by atoms with E-state index in [9.17, 15) is 31.5 Å². The first-order valence-electron chi connectivity index (χ1n) is 8.85. The maximum Gasteiger partial charge on any atom is 0.491 e. The van der Waals surface area contributed by atoms with E-state index in [4.69, 9.17) is 4.74 Å². The molecule has 0 saturated carbocycles. The molecule has 11 heteroatoms. The topological polar surface area (TPSA) is 77.5 Å². The highest BCUT2D eigenvalue weighted by atomic mass is 19.4. The van der Waals surface area contributed by atoms with Crippen LogP contribution < -0.4 is 10.1 Å². The number of anilines is 1. The van der Waals surface area contributed by atoms with Gasteiger partial charge in [-0.05, 0) is 48.5 Å². The number of amides is 1. The highest BCUT2D eigenvalue weighted by Crippen LogP contribution is 2.23. The fourth-order valence-corrected chi connectivity index (χ4v) is 2.41. The SMILES string of the molecule is O=C(Nc1ccccc1F)C(OC(=O)C(F)(F)F)Oc1ccc(-c2ccc(F)cc2)nc1. The summed E-state index contributed by atoms with van der Waals surface area (Å²) < 4.78 is 73.8. The zero-order valence-corrected chi connectivity index (χ0v) is 15.9. The summed E-state index contributed by atoms with van der Waals surface area (Å²) in [7, 11) is 0. The standard InChI is InChI=1S/C21H13F5N2O4/c22-13-7-5-12(6-8-13)16-10-9-14(11-27-16)31-19(32-20(30)21(24,25)26)18(29)28-17-4-2-1-3-15(17)23/h1-11,19H,(H,28,29). The Kier molecular flexibility index (Phi) is 6.67. The smallest absolute Gasteiger partial charge is 0.445 e. The molecular weight excluding hydrogens is 439 g/mol. The number of hydrogen-bond donors (Lipinski definition) is 1. The molecule has 0 aliphatic rings. The minimum Gasteiger partial charge on any atom is -0.445 e. The van der Waals surface area contributed by atoms with Gasteiger partial charge in [-0.2, -0.15) is 13.2 Å². The van der Waals surface area contributed by atoms with Crippen molar-refractivity contribution in [3.8, 4) is 17.0 Å². The molecular formula is C21H13F5N2O4. The second kappa shape index (κ2) is 9.41. The summed E-state index contributed by atoms with van der Waals surface area (Å²) >= 11 is 0. The third-order valence-corrected chi connectivity index (χ3v) is 3.91. The van der Waals surface area contributed by atoms with E-state index in [1.807, 2.05) is 5.32 Å². The van der Waals surface area contributed by atoms with E-state index < -0.39 is 36.0 Å². The molecule has 166 valence electrons. The molecule has 0 aliphatic carbocycles. The Bertz CT molecular complexity index is 1100. The summed E-state index contributed by atoms with van der Waals surface area (Å²) in [6.07, 6.45) is -6.74. The van der Waals surface area contributed by atoms with Crippen LogP contribution in [0.15, 0.2) is 66.9 Å². The highest BCUT2D eigenvalue weighted by molar-refractivity contribution is 5.95. The number of rotatable bonds is 6. The maximum absolute atomic E-state index is 13.7. The van der Waals surface area contributed by atoms with Crippen LogP contribution in [0.1, 0.15) is 0 Å². The molecule has 1 atom stereocenters. The quantitative estimate of drug-likeness (QED) is 0.339. The van der Waals surface area contributed by atoms with Gasteiger partial charge in [-0.15, -0.1) is 0 Å². The van der Waals surface area contributed by atoms with Crippen LogP contribution in [0.3, 0.4) is 0 Å². The van der Waals surface area contributed by atoms with Crippen molar-refractivity contribution >= 4 is 17.6 Å². The van der Waals surface area contributed by atoms with Crippen molar-refractivity contribution in [1.29, 1.82) is 0 Å². The monoisotopic (exact) mass is 452 g/mol. The van der Waals surface area contributed by atoms with E-state index in [1.165, 1.54) is 48.5 Å². The Morgan fingerprint density at radius 2 is 1.62 bits per heavy atom. The van der Waals surface area contributed by atoms with Gasteiger partial charge in [0.15, 0.2) is 0 Å². The molecule has 0 saturated heterocycles. The molecule has 0 fully saturated rings. The summed E-state index contributed by atoms with van der Waals surface area (Å²) in [5, 5.41) is 1.99. The van der Waals surface area contributed by atoms with Crippen LogP contribution in [-0.4, -0.2) is 29.3 Å². The largest absolute Gasteiger partial charge is 0.491 e. The van der Waals surface area contributed by atoms with Crippen LogP contribution in [-0.2, 0) is 14.3 Å². The third-order valence-electron chi connectivity index (χ3n) is 3.91. The molecule has 3 aromatic rings. The van der Waals surface area contributed by atoms with Crippen molar-refractivity contribution < 1.29 is 41.0 Å². The van der Waals surface area contributed by atoms with Crippen LogP contribution in [0.25, 0.3) is 11.3 Å². The van der Waals surface area contributed by atoms with E-state index in [1.54, 1.807) is 0 Å². The van der Waals surface area contributed by atoms with Crippen molar-refractivity contribution in [2.24, 2.45) is 0 Å². The minimum atomic E-state index is -5.40. The van der Waals surface area contributed by atoms with Gasteiger partial charge < -0.3 is 14.8 Å². The molecule has 1 aromatic heterocycles. The Morgan fingerprint density at radius 3 is 2.22 bits per heavy atom. The van der Waals surface area contributed by atoms with Gasteiger partial charge in [0.1, 0.15) is 17.4 Å². The summed E-state index contributed by atoms with van der Waals surface area (Å²) in [6, 6.07) is 12.8. The van der Waals surface area contributed by atoms with Gasteiger partial charge in [-0.25, -0.2) is 13.6 Å². The number of carbonyl (C=O) groups excluding carboxylic acids is 2. The van der Waals surface area contributed by atoms with Gasteiger partial charge in [-0.1, -0.05) is 12.1 Å². The van der Waals surface area contributed by atoms with E-state index in [0.717, 1.165) is 18.3 Å². The molecule has 0 bridgehead atoms. The van der Waals surface area contributed by atoms with Gasteiger partial charge in [0.2, 0.25) is 0 Å². The van der Waals surface area contributed by atoms with E-state index in [-0.39, 0.29) is 11.4 Å². The lowest BCUT2D eigenvalue weighted by Gasteiger charge is -2.19. The van der Waals surface area contributed by atoms with Gasteiger partial charge in [0.25, 0.3) is 0 Å². The Balaban J connectivity index is 1.79. The first-order valence-corrected chi connectivity index (χ1v) is 8.85. The van der Waals surface area contributed by atoms with Gasteiger partial charge in [0.05, 0.1) is 17.6 Å². The Hall–Kier alpha value is -4.02. The van der Waals surface area contributed by atoms with Gasteiger partial charge >= 0.3 is 24.3 Å². The molecule has 0 spiro atoms. The first kappa shape index (κ1) is 22.7. The van der Waals surface area contributed by atoms with Crippen LogP contribution >= 0.6 is 0 Å². The number of alkyl halides is 3. The summed E-state index contributed by atoms with van der Waals surface area (Å²) in [5.74, 6) is -5.59. The molecule has 1 heterocycles. The molecule has 3 rings (SSSR count). The number of halogens is 5. The van der Waals surface area contributed by atoms with Crippen molar-refractivity contribution in [3.05, 3.63) is 78.5 Å². The number of aromatic nitrogens is 1. The number of nitrogens with zero attached hydrogens (tertiary/aromatic N) is 1. The number of esters is 1. The van der Waals surface area contributed by atoms with Crippen molar-refractivity contribution in [1.82, 2.24) is 4.98 Å². The zero-order valence-electron chi connectivity index (χ0n) is 15.9. The highest BCUT2D eigenvalue weighted by Gasteiger charge is 2.44. The second-order valence-corrected chi connectivity index (χ2v) is 6.21. The molecule has 1 unspecified atom stereocenters. The fourth-order valence-electron chi connectivity index (χ4n) is 2.41. The molecule has 0 aliphatic heterocycles. The summed E-state index contributed by atoms with van der Waals surface area (Å²) in [4.78, 5) is 27.6. The number of carbonyl (C=O) groups is 2. The van der Waals surface area contributed by atoms with Crippen molar-refractivity contribution in [2.75, 3.05) is 5.32 Å². The normalized spacial score (nSPS) is 12.0.